The summed E-state index contributed by atoms with van der Waals surface area (Å²) in [5, 5.41) is 7.00. The van der Waals surface area contributed by atoms with Gasteiger partial charge in [-0.2, -0.15) is 0 Å². The maximum atomic E-state index is 3.53. The van der Waals surface area contributed by atoms with Gasteiger partial charge in [0.15, 0.2) is 0 Å². The van der Waals surface area contributed by atoms with Crippen molar-refractivity contribution in [2.45, 2.75) is 40.0 Å². The van der Waals surface area contributed by atoms with Gasteiger partial charge in [-0.1, -0.05) is 32.8 Å². The zero-order valence-corrected chi connectivity index (χ0v) is 12.0. The minimum Gasteiger partial charge on any atom is -0.372 e. The van der Waals surface area contributed by atoms with Crippen LogP contribution in [0.2, 0.25) is 0 Å². The van der Waals surface area contributed by atoms with Crippen LogP contribution in [0.25, 0.3) is 0 Å². The van der Waals surface area contributed by atoms with E-state index in [2.05, 4.69) is 59.8 Å². The predicted molar refractivity (Wildman–Crippen MR) is 79.7 cm³/mol. The average Bonchev–Trinajstić information content (AvgIpc) is 2.41. The lowest BCUT2D eigenvalue weighted by Crippen LogP contribution is -2.58. The van der Waals surface area contributed by atoms with Crippen LogP contribution in [-0.4, -0.2) is 31.5 Å². The van der Waals surface area contributed by atoms with Crippen LogP contribution in [-0.2, 0) is 0 Å². The Hall–Kier alpha value is -0.935. The normalized spacial score (nSPS) is 14.9. The van der Waals surface area contributed by atoms with Crippen LogP contribution in [0.15, 0.2) is 23.9 Å². The monoisotopic (exact) mass is 250 g/mol. The minimum atomic E-state index is 0.237. The van der Waals surface area contributed by atoms with Gasteiger partial charge >= 0.3 is 6.98 Å². The standard InChI is InChI=1S/C13H27BN4/c1-4-10-15-13-8-7-9-14(16-11-5-2)18(13)17-12-6-3/h7-9,15-17H,4-6,10-12H2,1-3H3. The first kappa shape index (κ1) is 15.1. The van der Waals surface area contributed by atoms with E-state index in [1.165, 1.54) is 0 Å². The van der Waals surface area contributed by atoms with Crippen molar-refractivity contribution in [2.75, 3.05) is 19.6 Å². The fourth-order valence-corrected chi connectivity index (χ4v) is 1.83. The van der Waals surface area contributed by atoms with Crippen LogP contribution in [0.1, 0.15) is 40.0 Å². The Morgan fingerprint density at radius 2 is 1.78 bits per heavy atom. The van der Waals surface area contributed by atoms with E-state index < -0.39 is 0 Å². The third kappa shape index (κ3) is 4.74. The maximum Gasteiger partial charge on any atom is 0.385 e. The van der Waals surface area contributed by atoms with Crippen LogP contribution in [0.5, 0.6) is 0 Å². The Kier molecular flexibility index (Phi) is 7.61. The van der Waals surface area contributed by atoms with Crippen LogP contribution in [0, 0.1) is 0 Å². The van der Waals surface area contributed by atoms with Gasteiger partial charge in [0.05, 0.1) is 0 Å². The lowest BCUT2D eigenvalue weighted by atomic mass is 9.73. The molecule has 4 nitrogen and oxygen atoms in total. The van der Waals surface area contributed by atoms with Crippen molar-refractivity contribution in [3.05, 3.63) is 23.9 Å². The third-order valence-corrected chi connectivity index (χ3v) is 2.78. The molecule has 0 radical (unpaired) electrons. The molecule has 3 N–H and O–H groups in total. The summed E-state index contributed by atoms with van der Waals surface area (Å²) >= 11 is 0. The van der Waals surface area contributed by atoms with E-state index in [-0.39, 0.29) is 6.98 Å². The topological polar surface area (TPSA) is 39.3 Å². The largest absolute Gasteiger partial charge is 0.385 e. The molecule has 0 amide bonds. The van der Waals surface area contributed by atoms with Gasteiger partial charge in [-0.3, -0.25) is 0 Å². The molecular weight excluding hydrogens is 223 g/mol. The Bertz CT molecular complexity index is 278. The minimum absolute atomic E-state index is 0.237. The smallest absolute Gasteiger partial charge is 0.372 e. The molecule has 0 spiro atoms. The molecule has 0 aromatic heterocycles. The molecule has 0 saturated heterocycles. The second-order valence-electron chi connectivity index (χ2n) is 4.54. The van der Waals surface area contributed by atoms with Crippen molar-refractivity contribution >= 4 is 6.98 Å². The molecule has 0 aromatic rings. The number of hydrazine groups is 1. The zero-order chi connectivity index (χ0) is 13.2. The van der Waals surface area contributed by atoms with E-state index >= 15 is 0 Å². The molecule has 1 heterocycles. The molecule has 0 saturated carbocycles. The van der Waals surface area contributed by atoms with Gasteiger partial charge in [-0.25, -0.2) is 5.43 Å². The Morgan fingerprint density at radius 1 is 1.06 bits per heavy atom. The number of allylic oxidation sites excluding steroid dienone is 2. The molecular formula is C13H27BN4. The third-order valence-electron chi connectivity index (χ3n) is 2.78. The van der Waals surface area contributed by atoms with Gasteiger partial charge < -0.3 is 15.5 Å². The van der Waals surface area contributed by atoms with E-state index in [0.717, 1.165) is 44.7 Å². The fraction of sp³-hybridized carbons (Fsp3) is 0.692. The van der Waals surface area contributed by atoms with Crippen molar-refractivity contribution in [1.29, 1.82) is 0 Å². The molecule has 0 bridgehead atoms. The van der Waals surface area contributed by atoms with Gasteiger partial charge in [-0.05, 0) is 31.9 Å². The van der Waals surface area contributed by atoms with Gasteiger partial charge in [0.25, 0.3) is 0 Å². The molecule has 18 heavy (non-hydrogen) atoms. The van der Waals surface area contributed by atoms with Crippen molar-refractivity contribution in [2.24, 2.45) is 0 Å². The summed E-state index contributed by atoms with van der Waals surface area (Å²) in [7, 11) is 0. The molecule has 1 aliphatic heterocycles. The summed E-state index contributed by atoms with van der Waals surface area (Å²) in [4.78, 5) is 2.20. The van der Waals surface area contributed by atoms with Crippen LogP contribution in [0.3, 0.4) is 0 Å². The van der Waals surface area contributed by atoms with Gasteiger partial charge in [-0.15, -0.1) is 0 Å². The maximum absolute atomic E-state index is 3.53. The summed E-state index contributed by atoms with van der Waals surface area (Å²) < 4.78 is 0. The molecule has 0 atom stereocenters. The van der Waals surface area contributed by atoms with E-state index in [4.69, 9.17) is 0 Å². The highest BCUT2D eigenvalue weighted by molar-refractivity contribution is 6.59. The van der Waals surface area contributed by atoms with Gasteiger partial charge in [0.2, 0.25) is 0 Å². The molecule has 0 aliphatic carbocycles. The summed E-state index contributed by atoms with van der Waals surface area (Å²) in [6, 6.07) is 0. The molecule has 1 aliphatic rings. The number of rotatable bonds is 9. The molecule has 0 aromatic carbocycles. The van der Waals surface area contributed by atoms with Crippen LogP contribution < -0.4 is 16.0 Å². The first-order valence-electron chi connectivity index (χ1n) is 7.21. The molecule has 5 heteroatoms. The fourth-order valence-electron chi connectivity index (χ4n) is 1.83. The zero-order valence-electron chi connectivity index (χ0n) is 12.0. The predicted octanol–water partition coefficient (Wildman–Crippen LogP) is 1.64. The molecule has 0 unspecified atom stereocenters. The number of nitrogens with zero attached hydrogens (tertiary/aromatic N) is 1. The summed E-state index contributed by atoms with van der Waals surface area (Å²) in [5.74, 6) is 3.34. The van der Waals surface area contributed by atoms with Gasteiger partial charge in [0.1, 0.15) is 5.82 Å². The van der Waals surface area contributed by atoms with Crippen LogP contribution >= 0.6 is 0 Å². The molecule has 0 fully saturated rings. The van der Waals surface area contributed by atoms with E-state index in [0.29, 0.717) is 0 Å². The van der Waals surface area contributed by atoms with Crippen molar-refractivity contribution in [3.8, 4) is 0 Å². The average molecular weight is 250 g/mol. The SMILES string of the molecule is CCCNB1C=CC=C(NCCC)N1NCCC. The number of hydrogen-bond donors (Lipinski definition) is 3. The van der Waals surface area contributed by atoms with Gasteiger partial charge in [0, 0.05) is 13.1 Å². The number of hydrogen-bond acceptors (Lipinski definition) is 4. The van der Waals surface area contributed by atoms with Crippen LogP contribution in [0.4, 0.5) is 0 Å². The highest BCUT2D eigenvalue weighted by atomic mass is 15.5. The second-order valence-corrected chi connectivity index (χ2v) is 4.54. The highest BCUT2D eigenvalue weighted by Gasteiger charge is 2.24. The summed E-state index contributed by atoms with van der Waals surface area (Å²) in [6.07, 6.45) is 7.66. The van der Waals surface area contributed by atoms with Crippen molar-refractivity contribution < 1.29 is 0 Å². The summed E-state index contributed by atoms with van der Waals surface area (Å²) in [5.41, 5.74) is 3.48. The first-order valence-corrected chi connectivity index (χ1v) is 7.21. The van der Waals surface area contributed by atoms with E-state index in [1.807, 2.05) is 0 Å². The number of nitrogens with one attached hydrogen (secondary N) is 3. The van der Waals surface area contributed by atoms with Crippen molar-refractivity contribution in [3.63, 3.8) is 0 Å². The Balaban J connectivity index is 2.61. The van der Waals surface area contributed by atoms with E-state index in [1.54, 1.807) is 0 Å². The first-order chi connectivity index (χ1) is 8.83. The Morgan fingerprint density at radius 3 is 2.44 bits per heavy atom. The quantitative estimate of drug-likeness (QED) is 0.544. The highest BCUT2D eigenvalue weighted by Crippen LogP contribution is 2.07. The Labute approximate surface area is 112 Å². The summed E-state index contributed by atoms with van der Waals surface area (Å²) in [6.45, 7) is 9.82. The lowest BCUT2D eigenvalue weighted by molar-refractivity contribution is 0.355. The lowest BCUT2D eigenvalue weighted by Gasteiger charge is -2.34. The van der Waals surface area contributed by atoms with E-state index in [9.17, 15) is 0 Å². The molecule has 102 valence electrons. The molecule has 1 rings (SSSR count). The second kappa shape index (κ2) is 9.06. The van der Waals surface area contributed by atoms with Crippen molar-refractivity contribution in [1.82, 2.24) is 20.9 Å².